The van der Waals surface area contributed by atoms with Crippen molar-refractivity contribution in [2.75, 3.05) is 0 Å². The van der Waals surface area contributed by atoms with E-state index in [4.69, 9.17) is 0 Å². The summed E-state index contributed by atoms with van der Waals surface area (Å²) in [4.78, 5) is 0. The molecule has 2 atom stereocenters. The highest BCUT2D eigenvalue weighted by Crippen LogP contribution is 2.62. The van der Waals surface area contributed by atoms with Crippen LogP contribution in [-0.2, 0) is 0 Å². The Morgan fingerprint density at radius 2 is 1.71 bits per heavy atom. The van der Waals surface area contributed by atoms with Crippen LogP contribution in [0.15, 0.2) is 0 Å². The predicted molar refractivity (Wildman–Crippen MR) is 75.8 cm³/mol. The molecule has 2 rings (SSSR count). The van der Waals surface area contributed by atoms with Crippen LogP contribution in [0.2, 0.25) is 0 Å². The molecule has 0 spiro atoms. The standard InChI is InChI=1S/C17H31/c1-5-16(3)13-9-10-14(2)17(16,4)15-11-7-6-8-12-15/h15H,5-13H2,1-4H3. The molecule has 0 bridgehead atoms. The maximum Gasteiger partial charge on any atom is -0.0184 e. The van der Waals surface area contributed by atoms with E-state index < -0.39 is 0 Å². The van der Waals surface area contributed by atoms with Crippen molar-refractivity contribution in [3.8, 4) is 0 Å². The molecular formula is C17H31. The molecule has 0 aliphatic heterocycles. The van der Waals surface area contributed by atoms with Gasteiger partial charge in [-0.15, -0.1) is 0 Å². The number of hydrogen-bond donors (Lipinski definition) is 0. The zero-order valence-electron chi connectivity index (χ0n) is 12.4. The third kappa shape index (κ3) is 2.06. The molecule has 0 nitrogen and oxygen atoms in total. The van der Waals surface area contributed by atoms with Crippen LogP contribution in [0.1, 0.15) is 85.5 Å². The van der Waals surface area contributed by atoms with Gasteiger partial charge in [-0.2, -0.15) is 0 Å². The fraction of sp³-hybridized carbons (Fsp3) is 0.941. The molecule has 1 radical (unpaired) electrons. The Morgan fingerprint density at radius 1 is 1.06 bits per heavy atom. The first-order valence-corrected chi connectivity index (χ1v) is 7.87. The molecule has 2 aliphatic rings. The molecule has 99 valence electrons. The predicted octanol–water partition coefficient (Wildman–Crippen LogP) is 5.77. The summed E-state index contributed by atoms with van der Waals surface area (Å²) >= 11 is 0. The Kier molecular flexibility index (Phi) is 3.90. The molecule has 0 amide bonds. The van der Waals surface area contributed by atoms with E-state index in [2.05, 4.69) is 27.7 Å². The van der Waals surface area contributed by atoms with Gasteiger partial charge in [0.2, 0.25) is 0 Å². The minimum absolute atomic E-state index is 0.528. The molecule has 0 aromatic heterocycles. The van der Waals surface area contributed by atoms with Gasteiger partial charge in [-0.1, -0.05) is 59.8 Å². The highest BCUT2D eigenvalue weighted by atomic mass is 14.6. The van der Waals surface area contributed by atoms with Crippen LogP contribution in [0, 0.1) is 22.7 Å². The molecule has 2 fully saturated rings. The highest BCUT2D eigenvalue weighted by Gasteiger charge is 2.53. The van der Waals surface area contributed by atoms with Gasteiger partial charge in [0, 0.05) is 0 Å². The Hall–Kier alpha value is 0. The first kappa shape index (κ1) is 13.4. The minimum atomic E-state index is 0.528. The molecule has 2 unspecified atom stereocenters. The first-order valence-electron chi connectivity index (χ1n) is 7.87. The minimum Gasteiger partial charge on any atom is -0.0648 e. The molecule has 0 saturated heterocycles. The lowest BCUT2D eigenvalue weighted by atomic mass is 9.46. The molecule has 0 heterocycles. The van der Waals surface area contributed by atoms with Crippen LogP contribution >= 0.6 is 0 Å². The fourth-order valence-electron chi connectivity index (χ4n) is 4.84. The Morgan fingerprint density at radius 3 is 2.29 bits per heavy atom. The zero-order valence-corrected chi connectivity index (χ0v) is 12.4. The van der Waals surface area contributed by atoms with Gasteiger partial charge >= 0.3 is 0 Å². The second kappa shape index (κ2) is 4.94. The molecule has 0 N–H and O–H groups in total. The van der Waals surface area contributed by atoms with Crippen LogP contribution in [0.3, 0.4) is 0 Å². The van der Waals surface area contributed by atoms with E-state index in [0.717, 1.165) is 5.92 Å². The largest absolute Gasteiger partial charge is 0.0648 e. The quantitative estimate of drug-likeness (QED) is 0.570. The van der Waals surface area contributed by atoms with Crippen molar-refractivity contribution in [3.63, 3.8) is 0 Å². The van der Waals surface area contributed by atoms with Crippen LogP contribution in [0.25, 0.3) is 0 Å². The molecule has 17 heavy (non-hydrogen) atoms. The van der Waals surface area contributed by atoms with Crippen LogP contribution in [0.4, 0.5) is 0 Å². The molecule has 2 aliphatic carbocycles. The molecule has 0 aromatic rings. The van der Waals surface area contributed by atoms with Gasteiger partial charge in [0.25, 0.3) is 0 Å². The molecular weight excluding hydrogens is 204 g/mol. The van der Waals surface area contributed by atoms with E-state index in [1.165, 1.54) is 57.8 Å². The average molecular weight is 235 g/mol. The van der Waals surface area contributed by atoms with Crippen molar-refractivity contribution >= 4 is 0 Å². The summed E-state index contributed by atoms with van der Waals surface area (Å²) < 4.78 is 0. The lowest BCUT2D eigenvalue weighted by Gasteiger charge is -2.58. The van der Waals surface area contributed by atoms with Gasteiger partial charge < -0.3 is 0 Å². The number of hydrogen-bond acceptors (Lipinski definition) is 0. The van der Waals surface area contributed by atoms with Crippen molar-refractivity contribution in [2.24, 2.45) is 16.7 Å². The van der Waals surface area contributed by atoms with E-state index in [0.29, 0.717) is 10.8 Å². The average Bonchev–Trinajstić information content (AvgIpc) is 2.37. The van der Waals surface area contributed by atoms with E-state index in [1.807, 2.05) is 5.92 Å². The SMILES string of the molecule is CCC1(C)CCC[C](C)C1(C)C1CCCCC1. The Labute approximate surface area is 109 Å². The van der Waals surface area contributed by atoms with Crippen LogP contribution in [0.5, 0.6) is 0 Å². The van der Waals surface area contributed by atoms with E-state index in [-0.39, 0.29) is 0 Å². The third-order valence-electron chi connectivity index (χ3n) is 6.62. The number of rotatable bonds is 2. The topological polar surface area (TPSA) is 0 Å². The summed E-state index contributed by atoms with van der Waals surface area (Å²) in [7, 11) is 0. The van der Waals surface area contributed by atoms with Gasteiger partial charge in [-0.25, -0.2) is 0 Å². The highest BCUT2D eigenvalue weighted by molar-refractivity contribution is 5.15. The second-order valence-corrected chi connectivity index (χ2v) is 7.09. The van der Waals surface area contributed by atoms with E-state index in [1.54, 1.807) is 0 Å². The Bertz CT molecular complexity index is 251. The van der Waals surface area contributed by atoms with Gasteiger partial charge in [-0.05, 0) is 48.3 Å². The summed E-state index contributed by atoms with van der Waals surface area (Å²) in [6.45, 7) is 10.1. The maximum absolute atomic E-state index is 2.61. The summed E-state index contributed by atoms with van der Waals surface area (Å²) in [5.74, 6) is 2.79. The fourth-order valence-corrected chi connectivity index (χ4v) is 4.84. The second-order valence-electron chi connectivity index (χ2n) is 7.09. The van der Waals surface area contributed by atoms with E-state index >= 15 is 0 Å². The first-order chi connectivity index (χ1) is 8.04. The lowest BCUT2D eigenvalue weighted by Crippen LogP contribution is -2.49. The van der Waals surface area contributed by atoms with Crippen molar-refractivity contribution in [1.82, 2.24) is 0 Å². The van der Waals surface area contributed by atoms with Crippen molar-refractivity contribution in [1.29, 1.82) is 0 Å². The normalized spacial score (nSPS) is 41.6. The van der Waals surface area contributed by atoms with Gasteiger partial charge in [0.15, 0.2) is 0 Å². The summed E-state index contributed by atoms with van der Waals surface area (Å²) in [5, 5.41) is 0. The summed E-state index contributed by atoms with van der Waals surface area (Å²) in [6.07, 6.45) is 13.0. The van der Waals surface area contributed by atoms with Crippen LogP contribution in [-0.4, -0.2) is 0 Å². The van der Waals surface area contributed by atoms with Gasteiger partial charge in [-0.3, -0.25) is 0 Å². The molecule has 2 saturated carbocycles. The van der Waals surface area contributed by atoms with Gasteiger partial charge in [0.1, 0.15) is 0 Å². The summed E-state index contributed by atoms with van der Waals surface area (Å²) in [6, 6.07) is 0. The molecule has 0 aromatic carbocycles. The van der Waals surface area contributed by atoms with Crippen molar-refractivity contribution < 1.29 is 0 Å². The Balaban J connectivity index is 2.27. The monoisotopic (exact) mass is 235 g/mol. The summed E-state index contributed by atoms with van der Waals surface area (Å²) in [5.41, 5.74) is 1.09. The van der Waals surface area contributed by atoms with Crippen LogP contribution < -0.4 is 0 Å². The van der Waals surface area contributed by atoms with Crippen molar-refractivity contribution in [3.05, 3.63) is 5.92 Å². The zero-order chi connectivity index (χ0) is 12.5. The smallest absolute Gasteiger partial charge is 0.0184 e. The van der Waals surface area contributed by atoms with Gasteiger partial charge in [0.05, 0.1) is 0 Å². The third-order valence-corrected chi connectivity index (χ3v) is 6.62. The maximum atomic E-state index is 2.61. The lowest BCUT2D eigenvalue weighted by molar-refractivity contribution is -0.0309. The van der Waals surface area contributed by atoms with Crippen molar-refractivity contribution in [2.45, 2.75) is 85.5 Å². The molecule has 0 heteroatoms. The van der Waals surface area contributed by atoms with E-state index in [9.17, 15) is 0 Å².